The average Bonchev–Trinajstić information content (AvgIpc) is 3.14. The van der Waals surface area contributed by atoms with E-state index in [4.69, 9.17) is 4.74 Å². The molecule has 0 spiro atoms. The van der Waals surface area contributed by atoms with Crippen LogP contribution in [-0.2, 0) is 16.0 Å². The summed E-state index contributed by atoms with van der Waals surface area (Å²) in [6, 6.07) is 13.4. The van der Waals surface area contributed by atoms with Gasteiger partial charge in [-0.15, -0.1) is 0 Å². The van der Waals surface area contributed by atoms with Crippen molar-refractivity contribution in [3.63, 3.8) is 0 Å². The molecule has 0 radical (unpaired) electrons. The van der Waals surface area contributed by atoms with Gasteiger partial charge in [-0.3, -0.25) is 9.59 Å². The van der Waals surface area contributed by atoms with Crippen molar-refractivity contribution in [2.75, 3.05) is 16.8 Å². The number of hydrogen-bond acceptors (Lipinski definition) is 3. The summed E-state index contributed by atoms with van der Waals surface area (Å²) in [4.78, 5) is 30.3. The zero-order chi connectivity index (χ0) is 21.1. The van der Waals surface area contributed by atoms with Gasteiger partial charge in [-0.1, -0.05) is 38.0 Å². The standard InChI is InChI=1S/C24H27N3O3/c1-3-4-7-12-27-21-14-18(10-11-22(21)30-16(2)24(27)29)26-23(28)13-17-15-25-20-9-6-5-8-19(17)20/h5-6,8-11,14-16,25H,3-4,7,12-13H2,1-2H3,(H,26,28). The molecule has 1 aliphatic rings. The second-order valence-corrected chi connectivity index (χ2v) is 7.72. The lowest BCUT2D eigenvalue weighted by Gasteiger charge is -2.33. The van der Waals surface area contributed by atoms with Crippen LogP contribution in [-0.4, -0.2) is 29.4 Å². The normalized spacial score (nSPS) is 15.7. The third-order valence-electron chi connectivity index (χ3n) is 5.46. The van der Waals surface area contributed by atoms with Gasteiger partial charge in [0.05, 0.1) is 12.1 Å². The Labute approximate surface area is 176 Å². The van der Waals surface area contributed by atoms with Gasteiger partial charge in [-0.25, -0.2) is 0 Å². The van der Waals surface area contributed by atoms with Crippen molar-refractivity contribution in [3.05, 3.63) is 54.2 Å². The Hall–Kier alpha value is -3.28. The first kappa shape index (κ1) is 20.0. The van der Waals surface area contributed by atoms with Gasteiger partial charge in [-0.05, 0) is 43.2 Å². The van der Waals surface area contributed by atoms with E-state index in [1.807, 2.05) is 48.7 Å². The minimum absolute atomic E-state index is 0.0409. The van der Waals surface area contributed by atoms with Crippen molar-refractivity contribution in [1.82, 2.24) is 4.98 Å². The molecule has 30 heavy (non-hydrogen) atoms. The summed E-state index contributed by atoms with van der Waals surface area (Å²) in [5.74, 6) is 0.530. The maximum absolute atomic E-state index is 12.7. The molecule has 4 rings (SSSR count). The van der Waals surface area contributed by atoms with Crippen LogP contribution in [0.3, 0.4) is 0 Å². The number of nitrogens with zero attached hydrogens (tertiary/aromatic N) is 1. The fourth-order valence-corrected chi connectivity index (χ4v) is 3.89. The van der Waals surface area contributed by atoms with Crippen LogP contribution >= 0.6 is 0 Å². The number of benzene rings is 2. The Bertz CT molecular complexity index is 1070. The zero-order valence-corrected chi connectivity index (χ0v) is 17.4. The van der Waals surface area contributed by atoms with Gasteiger partial charge in [0.1, 0.15) is 5.75 Å². The molecule has 1 aromatic heterocycles. The van der Waals surface area contributed by atoms with Crippen LogP contribution in [0.25, 0.3) is 10.9 Å². The topological polar surface area (TPSA) is 74.4 Å². The third-order valence-corrected chi connectivity index (χ3v) is 5.46. The number of H-pyrrole nitrogens is 1. The molecule has 3 aromatic rings. The monoisotopic (exact) mass is 405 g/mol. The Balaban J connectivity index is 1.51. The van der Waals surface area contributed by atoms with E-state index in [0.29, 0.717) is 18.0 Å². The van der Waals surface area contributed by atoms with Gasteiger partial charge in [0.25, 0.3) is 5.91 Å². The molecule has 1 aliphatic heterocycles. The number of anilines is 2. The van der Waals surface area contributed by atoms with E-state index in [1.165, 1.54) is 0 Å². The Morgan fingerprint density at radius 3 is 2.87 bits per heavy atom. The molecule has 2 aromatic carbocycles. The molecular weight excluding hydrogens is 378 g/mol. The molecule has 2 heterocycles. The van der Waals surface area contributed by atoms with Gasteiger partial charge >= 0.3 is 0 Å². The summed E-state index contributed by atoms with van der Waals surface area (Å²) in [6.45, 7) is 4.56. The molecule has 6 heteroatoms. The third kappa shape index (κ3) is 4.03. The maximum Gasteiger partial charge on any atom is 0.267 e. The number of carbonyl (C=O) groups is 2. The highest BCUT2D eigenvalue weighted by atomic mass is 16.5. The summed E-state index contributed by atoms with van der Waals surface area (Å²) in [5, 5.41) is 4.01. The van der Waals surface area contributed by atoms with Crippen LogP contribution < -0.4 is 15.0 Å². The highest BCUT2D eigenvalue weighted by Crippen LogP contribution is 2.36. The van der Waals surface area contributed by atoms with Crippen LogP contribution in [0, 0.1) is 0 Å². The lowest BCUT2D eigenvalue weighted by molar-refractivity contribution is -0.125. The predicted octanol–water partition coefficient (Wildman–Crippen LogP) is 4.65. The fourth-order valence-electron chi connectivity index (χ4n) is 3.89. The first-order valence-electron chi connectivity index (χ1n) is 10.5. The van der Waals surface area contributed by atoms with Crippen molar-refractivity contribution in [3.8, 4) is 5.75 Å². The van der Waals surface area contributed by atoms with Crippen molar-refractivity contribution >= 4 is 34.1 Å². The molecule has 0 saturated carbocycles. The Kier molecular flexibility index (Phi) is 5.74. The number of carbonyl (C=O) groups excluding carboxylic acids is 2. The maximum atomic E-state index is 12.7. The van der Waals surface area contributed by atoms with Gasteiger partial charge in [-0.2, -0.15) is 0 Å². The first-order chi connectivity index (χ1) is 14.6. The summed E-state index contributed by atoms with van der Waals surface area (Å²) in [7, 11) is 0. The Morgan fingerprint density at radius 2 is 2.03 bits per heavy atom. The largest absolute Gasteiger partial charge is 0.479 e. The number of hydrogen-bond donors (Lipinski definition) is 2. The minimum Gasteiger partial charge on any atom is -0.479 e. The van der Waals surface area contributed by atoms with Crippen LogP contribution in [0.4, 0.5) is 11.4 Å². The van der Waals surface area contributed by atoms with Crippen molar-refractivity contribution in [2.24, 2.45) is 0 Å². The SMILES string of the molecule is CCCCCN1C(=O)C(C)Oc2ccc(NC(=O)Cc3c[nH]c4ccccc34)cc21. The van der Waals surface area contributed by atoms with E-state index >= 15 is 0 Å². The lowest BCUT2D eigenvalue weighted by atomic mass is 10.1. The predicted molar refractivity (Wildman–Crippen MR) is 119 cm³/mol. The first-order valence-corrected chi connectivity index (χ1v) is 10.5. The molecule has 1 unspecified atom stereocenters. The number of fused-ring (bicyclic) bond motifs is 2. The number of para-hydroxylation sites is 1. The van der Waals surface area contributed by atoms with Crippen LogP contribution in [0.2, 0.25) is 0 Å². The van der Waals surface area contributed by atoms with E-state index < -0.39 is 6.10 Å². The number of nitrogens with one attached hydrogen (secondary N) is 2. The molecule has 2 N–H and O–H groups in total. The van der Waals surface area contributed by atoms with E-state index in [9.17, 15) is 9.59 Å². The van der Waals surface area contributed by atoms with Crippen molar-refractivity contribution in [2.45, 2.75) is 45.6 Å². The van der Waals surface area contributed by atoms with Crippen LogP contribution in [0.5, 0.6) is 5.75 Å². The zero-order valence-electron chi connectivity index (χ0n) is 17.4. The lowest BCUT2D eigenvalue weighted by Crippen LogP contribution is -2.44. The second-order valence-electron chi connectivity index (χ2n) is 7.72. The van der Waals surface area contributed by atoms with E-state index in [1.54, 1.807) is 11.8 Å². The molecule has 2 amide bonds. The van der Waals surface area contributed by atoms with Crippen LogP contribution in [0.15, 0.2) is 48.7 Å². The number of rotatable bonds is 7. The van der Waals surface area contributed by atoms with Gasteiger partial charge in [0.15, 0.2) is 6.10 Å². The second kappa shape index (κ2) is 8.61. The summed E-state index contributed by atoms with van der Waals surface area (Å²) in [5.41, 5.74) is 3.35. The van der Waals surface area contributed by atoms with Crippen molar-refractivity contribution < 1.29 is 14.3 Å². The highest BCUT2D eigenvalue weighted by Gasteiger charge is 2.31. The van der Waals surface area contributed by atoms with Crippen molar-refractivity contribution in [1.29, 1.82) is 0 Å². The average molecular weight is 405 g/mol. The van der Waals surface area contributed by atoms with Gasteiger partial charge in [0.2, 0.25) is 5.91 Å². The summed E-state index contributed by atoms with van der Waals surface area (Å²) in [6.07, 6.45) is 4.74. The molecule has 0 fully saturated rings. The molecular formula is C24H27N3O3. The van der Waals surface area contributed by atoms with Crippen LogP contribution in [0.1, 0.15) is 38.7 Å². The van der Waals surface area contributed by atoms with E-state index in [-0.39, 0.29) is 18.2 Å². The molecule has 0 bridgehead atoms. The van der Waals surface area contributed by atoms with Gasteiger partial charge in [0, 0.05) is 29.3 Å². The molecule has 0 aliphatic carbocycles. The number of amides is 2. The number of aromatic amines is 1. The van der Waals surface area contributed by atoms with E-state index in [2.05, 4.69) is 17.2 Å². The Morgan fingerprint density at radius 1 is 1.20 bits per heavy atom. The summed E-state index contributed by atoms with van der Waals surface area (Å²) < 4.78 is 5.77. The number of ether oxygens (including phenoxy) is 1. The molecule has 6 nitrogen and oxygen atoms in total. The molecule has 0 saturated heterocycles. The highest BCUT2D eigenvalue weighted by molar-refractivity contribution is 6.01. The smallest absolute Gasteiger partial charge is 0.267 e. The molecule has 156 valence electrons. The minimum atomic E-state index is -0.499. The number of aromatic nitrogens is 1. The fraction of sp³-hybridized carbons (Fsp3) is 0.333. The summed E-state index contributed by atoms with van der Waals surface area (Å²) >= 11 is 0. The number of unbranched alkanes of at least 4 members (excludes halogenated alkanes) is 2. The van der Waals surface area contributed by atoms with Gasteiger partial charge < -0.3 is 19.9 Å². The van der Waals surface area contributed by atoms with E-state index in [0.717, 1.165) is 41.4 Å². The molecule has 1 atom stereocenters. The quantitative estimate of drug-likeness (QED) is 0.562.